The van der Waals surface area contributed by atoms with Gasteiger partial charge in [-0.1, -0.05) is 23.9 Å². The summed E-state index contributed by atoms with van der Waals surface area (Å²) in [4.78, 5) is 16.8. The Morgan fingerprint density at radius 1 is 1.54 bits per heavy atom. The molecule has 1 aromatic carbocycles. The molecular formula is C18H23N3O2S. The molecule has 0 aliphatic carbocycles. The van der Waals surface area contributed by atoms with E-state index >= 15 is 0 Å². The number of amides is 1. The number of ether oxygens (including phenoxy) is 1. The van der Waals surface area contributed by atoms with Gasteiger partial charge in [0.25, 0.3) is 5.91 Å². The van der Waals surface area contributed by atoms with Gasteiger partial charge in [-0.05, 0) is 37.5 Å². The van der Waals surface area contributed by atoms with Gasteiger partial charge < -0.3 is 14.6 Å². The van der Waals surface area contributed by atoms with Crippen LogP contribution in [0, 0.1) is 0 Å². The molecule has 1 aromatic heterocycles. The molecular weight excluding hydrogens is 322 g/mol. The smallest absolute Gasteiger partial charge is 0.251 e. The quantitative estimate of drug-likeness (QED) is 0.818. The van der Waals surface area contributed by atoms with Gasteiger partial charge in [0.1, 0.15) is 0 Å². The average molecular weight is 345 g/mol. The molecule has 1 aliphatic heterocycles. The first-order valence-electron chi connectivity index (χ1n) is 8.25. The number of hydrogen-bond donors (Lipinski definition) is 1. The lowest BCUT2D eigenvalue weighted by Crippen LogP contribution is -2.40. The summed E-state index contributed by atoms with van der Waals surface area (Å²) in [5, 5.41) is 4.03. The van der Waals surface area contributed by atoms with Crippen LogP contribution in [0.4, 0.5) is 0 Å². The molecule has 0 spiro atoms. The number of rotatable bonds is 6. The van der Waals surface area contributed by atoms with Crippen LogP contribution < -0.4 is 5.32 Å². The lowest BCUT2D eigenvalue weighted by Gasteiger charge is -2.20. The minimum Gasteiger partial charge on any atom is -0.376 e. The molecule has 1 fully saturated rings. The van der Waals surface area contributed by atoms with Crippen molar-refractivity contribution in [3.05, 3.63) is 47.8 Å². The lowest BCUT2D eigenvalue weighted by atomic mass is 10.1. The Kier molecular flexibility index (Phi) is 5.58. The van der Waals surface area contributed by atoms with Crippen molar-refractivity contribution < 1.29 is 9.53 Å². The zero-order valence-corrected chi connectivity index (χ0v) is 14.9. The molecule has 0 unspecified atom stereocenters. The molecule has 2 aromatic rings. The summed E-state index contributed by atoms with van der Waals surface area (Å²) in [5.74, 6) is 0.745. The Bertz CT molecular complexity index is 695. The van der Waals surface area contributed by atoms with Gasteiger partial charge in [0.15, 0.2) is 5.16 Å². The molecule has 0 bridgehead atoms. The summed E-state index contributed by atoms with van der Waals surface area (Å²) in [6.07, 6.45) is 5.94. The maximum atomic E-state index is 12.5. The molecule has 0 radical (unpaired) electrons. The maximum absolute atomic E-state index is 12.5. The SMILES string of the molecule is C[C@H](NC(=O)c1cccc(CSc2nccn2C)c1)[C@@H]1CCCO1. The van der Waals surface area contributed by atoms with E-state index in [0.29, 0.717) is 5.56 Å². The second-order valence-corrected chi connectivity index (χ2v) is 7.07. The highest BCUT2D eigenvalue weighted by molar-refractivity contribution is 7.98. The van der Waals surface area contributed by atoms with Crippen LogP contribution in [0.15, 0.2) is 41.8 Å². The normalized spacial score (nSPS) is 18.5. The molecule has 1 aliphatic rings. The molecule has 5 nitrogen and oxygen atoms in total. The van der Waals surface area contributed by atoms with Crippen molar-refractivity contribution >= 4 is 17.7 Å². The van der Waals surface area contributed by atoms with Gasteiger partial charge in [-0.15, -0.1) is 0 Å². The van der Waals surface area contributed by atoms with E-state index in [1.54, 1.807) is 18.0 Å². The van der Waals surface area contributed by atoms with Gasteiger partial charge in [0, 0.05) is 37.4 Å². The zero-order valence-electron chi connectivity index (χ0n) is 14.1. The zero-order chi connectivity index (χ0) is 16.9. The maximum Gasteiger partial charge on any atom is 0.251 e. The summed E-state index contributed by atoms with van der Waals surface area (Å²) >= 11 is 1.66. The van der Waals surface area contributed by atoms with E-state index < -0.39 is 0 Å². The van der Waals surface area contributed by atoms with Crippen molar-refractivity contribution in [2.45, 2.75) is 42.8 Å². The molecule has 3 rings (SSSR count). The number of carbonyl (C=O) groups is 1. The van der Waals surface area contributed by atoms with E-state index in [1.807, 2.05) is 49.0 Å². The van der Waals surface area contributed by atoms with E-state index in [-0.39, 0.29) is 18.1 Å². The molecule has 6 heteroatoms. The summed E-state index contributed by atoms with van der Waals surface area (Å²) in [6.45, 7) is 2.80. The summed E-state index contributed by atoms with van der Waals surface area (Å²) in [7, 11) is 1.98. The monoisotopic (exact) mass is 345 g/mol. The van der Waals surface area contributed by atoms with Gasteiger partial charge in [0.2, 0.25) is 0 Å². The summed E-state index contributed by atoms with van der Waals surface area (Å²) in [5.41, 5.74) is 1.80. The van der Waals surface area contributed by atoms with Crippen LogP contribution in [0.25, 0.3) is 0 Å². The molecule has 128 valence electrons. The van der Waals surface area contributed by atoms with Crippen molar-refractivity contribution in [2.75, 3.05) is 6.61 Å². The number of aryl methyl sites for hydroxylation is 1. The highest BCUT2D eigenvalue weighted by atomic mass is 32.2. The first kappa shape index (κ1) is 17.0. The minimum absolute atomic E-state index is 0.0330. The van der Waals surface area contributed by atoms with Crippen LogP contribution in [0.3, 0.4) is 0 Å². The van der Waals surface area contributed by atoms with Crippen molar-refractivity contribution in [3.8, 4) is 0 Å². The Hall–Kier alpha value is -1.79. The molecule has 1 saturated heterocycles. The van der Waals surface area contributed by atoms with Gasteiger partial charge in [-0.2, -0.15) is 0 Å². The lowest BCUT2D eigenvalue weighted by molar-refractivity contribution is 0.0712. The summed E-state index contributed by atoms with van der Waals surface area (Å²) in [6, 6.07) is 7.81. The van der Waals surface area contributed by atoms with Crippen LogP contribution >= 0.6 is 11.8 Å². The van der Waals surface area contributed by atoms with Gasteiger partial charge in [-0.25, -0.2) is 4.98 Å². The van der Waals surface area contributed by atoms with Crippen LogP contribution in [0.2, 0.25) is 0 Å². The van der Waals surface area contributed by atoms with Crippen LogP contribution in [0.1, 0.15) is 35.7 Å². The van der Waals surface area contributed by atoms with E-state index in [4.69, 9.17) is 4.74 Å². The molecule has 2 heterocycles. The number of aromatic nitrogens is 2. The van der Waals surface area contributed by atoms with Crippen molar-refractivity contribution in [1.82, 2.24) is 14.9 Å². The highest BCUT2D eigenvalue weighted by Gasteiger charge is 2.24. The van der Waals surface area contributed by atoms with Gasteiger partial charge >= 0.3 is 0 Å². The predicted molar refractivity (Wildman–Crippen MR) is 95.1 cm³/mol. The number of benzene rings is 1. The number of hydrogen-bond acceptors (Lipinski definition) is 4. The van der Waals surface area contributed by atoms with E-state index in [9.17, 15) is 4.79 Å². The number of nitrogens with zero attached hydrogens (tertiary/aromatic N) is 2. The van der Waals surface area contributed by atoms with Crippen molar-refractivity contribution in [3.63, 3.8) is 0 Å². The van der Waals surface area contributed by atoms with Crippen LogP contribution in [-0.4, -0.2) is 34.2 Å². The Morgan fingerprint density at radius 3 is 3.12 bits per heavy atom. The number of carbonyl (C=O) groups excluding carboxylic acids is 1. The Labute approximate surface area is 146 Å². The Morgan fingerprint density at radius 2 is 2.42 bits per heavy atom. The van der Waals surface area contributed by atoms with Gasteiger partial charge in [-0.3, -0.25) is 4.79 Å². The first-order chi connectivity index (χ1) is 11.6. The van der Waals surface area contributed by atoms with E-state index in [1.165, 1.54) is 0 Å². The largest absolute Gasteiger partial charge is 0.376 e. The first-order valence-corrected chi connectivity index (χ1v) is 9.23. The fourth-order valence-electron chi connectivity index (χ4n) is 2.82. The van der Waals surface area contributed by atoms with Crippen molar-refractivity contribution in [1.29, 1.82) is 0 Å². The third-order valence-corrected chi connectivity index (χ3v) is 5.34. The Balaban J connectivity index is 1.59. The fraction of sp³-hybridized carbons (Fsp3) is 0.444. The highest BCUT2D eigenvalue weighted by Crippen LogP contribution is 2.21. The predicted octanol–water partition coefficient (Wildman–Crippen LogP) is 3.01. The molecule has 0 saturated carbocycles. The van der Waals surface area contributed by atoms with Crippen LogP contribution in [-0.2, 0) is 17.5 Å². The second-order valence-electron chi connectivity index (χ2n) is 6.12. The molecule has 24 heavy (non-hydrogen) atoms. The molecule has 2 atom stereocenters. The van der Waals surface area contributed by atoms with Gasteiger partial charge in [0.05, 0.1) is 12.1 Å². The third-order valence-electron chi connectivity index (χ3n) is 4.22. The number of imidazole rings is 1. The van der Waals surface area contributed by atoms with E-state index in [0.717, 1.165) is 35.9 Å². The minimum atomic E-state index is -0.0400. The van der Waals surface area contributed by atoms with E-state index in [2.05, 4.69) is 10.3 Å². The van der Waals surface area contributed by atoms with Crippen LogP contribution in [0.5, 0.6) is 0 Å². The number of thioether (sulfide) groups is 1. The standard InChI is InChI=1S/C18H23N3O2S/c1-13(16-7-4-10-23-16)20-17(22)15-6-3-5-14(11-15)12-24-18-19-8-9-21(18)2/h3,5-6,8-9,11,13,16H,4,7,10,12H2,1-2H3,(H,20,22)/t13-,16-/m0/s1. The summed E-state index contributed by atoms with van der Waals surface area (Å²) < 4.78 is 7.63. The number of nitrogens with one attached hydrogen (secondary N) is 1. The fourth-order valence-corrected chi connectivity index (χ4v) is 3.70. The average Bonchev–Trinajstić information content (AvgIpc) is 3.25. The second kappa shape index (κ2) is 7.85. The third kappa shape index (κ3) is 4.19. The molecule has 1 amide bonds. The van der Waals surface area contributed by atoms with Crippen molar-refractivity contribution in [2.24, 2.45) is 7.05 Å². The topological polar surface area (TPSA) is 56.2 Å². The molecule has 1 N–H and O–H groups in total.